The predicted octanol–water partition coefficient (Wildman–Crippen LogP) is 4.38. The first kappa shape index (κ1) is 25.3. The first-order valence-corrected chi connectivity index (χ1v) is 6.38. The van der Waals surface area contributed by atoms with Crippen molar-refractivity contribution in [3.05, 3.63) is 25.3 Å². The van der Waals surface area contributed by atoms with Crippen LogP contribution in [-0.2, 0) is 21.0 Å². The fourth-order valence-electron chi connectivity index (χ4n) is 0.317. The van der Waals surface area contributed by atoms with Crippen LogP contribution < -0.4 is 0 Å². The monoisotopic (exact) mass is 289 g/mol. The fraction of sp³-hybridized carbons (Fsp3) is 0.750. The summed E-state index contributed by atoms with van der Waals surface area (Å²) in [6, 6.07) is 0. The van der Waals surface area contributed by atoms with Gasteiger partial charge in [-0.1, -0.05) is 27.7 Å². The van der Waals surface area contributed by atoms with Crippen molar-refractivity contribution in [2.45, 2.75) is 46.2 Å². The summed E-state index contributed by atoms with van der Waals surface area (Å²) in [5, 5.41) is 0. The van der Waals surface area contributed by atoms with E-state index in [-0.39, 0.29) is 16.5 Å². The minimum absolute atomic E-state index is 0. The Labute approximate surface area is 115 Å². The van der Waals surface area contributed by atoms with E-state index in [0.29, 0.717) is 27.6 Å². The van der Waals surface area contributed by atoms with E-state index in [2.05, 4.69) is 32.5 Å². The van der Waals surface area contributed by atoms with Crippen LogP contribution in [-0.4, -0.2) is 18.8 Å². The summed E-state index contributed by atoms with van der Waals surface area (Å²) in [5.74, 6) is 0. The Morgan fingerprint density at radius 2 is 1.62 bits per heavy atom. The molecule has 0 amide bonds. The van der Waals surface area contributed by atoms with Gasteiger partial charge in [0.1, 0.15) is 6.61 Å². The van der Waals surface area contributed by atoms with E-state index in [1.165, 1.54) is 0 Å². The van der Waals surface area contributed by atoms with Gasteiger partial charge in [-0.15, -0.1) is 0 Å². The largest absolute Gasteiger partial charge is 2.00 e. The Balaban J connectivity index is -0.0000000870. The van der Waals surface area contributed by atoms with Gasteiger partial charge in [0.05, 0.1) is 0 Å². The minimum Gasteiger partial charge on any atom is -0.354 e. The second-order valence-electron chi connectivity index (χ2n) is 3.00. The summed E-state index contributed by atoms with van der Waals surface area (Å²) >= 11 is 0. The van der Waals surface area contributed by atoms with E-state index in [1.807, 2.05) is 13.8 Å². The molecule has 0 aliphatic heterocycles. The summed E-state index contributed by atoms with van der Waals surface area (Å²) in [7, 11) is 0.555. The first-order valence-electron chi connectivity index (χ1n) is 5.39. The van der Waals surface area contributed by atoms with Gasteiger partial charge in [-0.3, -0.25) is 0 Å². The van der Waals surface area contributed by atoms with Crippen molar-refractivity contribution in [2.75, 3.05) is 13.2 Å². The molecule has 0 heterocycles. The molecule has 16 heavy (non-hydrogen) atoms. The predicted molar refractivity (Wildman–Crippen MR) is 72.2 cm³/mol. The van der Waals surface area contributed by atoms with Gasteiger partial charge < -0.3 is 23.2 Å². The molecule has 0 aromatic heterocycles. The van der Waals surface area contributed by atoms with E-state index in [0.717, 1.165) is 12.8 Å². The average molecular weight is 290 g/mol. The molecular weight excluding hydrogens is 264 g/mol. The van der Waals surface area contributed by atoms with Gasteiger partial charge >= 0.3 is 16.5 Å². The van der Waals surface area contributed by atoms with Crippen molar-refractivity contribution >= 4 is 8.81 Å². The maximum Gasteiger partial charge on any atom is 2.00 e. The van der Waals surface area contributed by atoms with Crippen molar-refractivity contribution in [1.82, 2.24) is 0 Å². The topological polar surface area (TPSA) is 13.6 Å². The summed E-state index contributed by atoms with van der Waals surface area (Å²) in [5.41, 5.74) is 0.607. The zero-order valence-corrected chi connectivity index (χ0v) is 13.0. The minimum atomic E-state index is 0. The van der Waals surface area contributed by atoms with Crippen LogP contribution in [0.4, 0.5) is 0 Å². The normalized spacial score (nSPS) is 8.38. The van der Waals surface area contributed by atoms with Gasteiger partial charge in [-0.25, -0.2) is 6.57 Å². The molecule has 0 fully saturated rings. The molecule has 0 aromatic carbocycles. The van der Waals surface area contributed by atoms with Crippen molar-refractivity contribution < 1.29 is 21.0 Å². The van der Waals surface area contributed by atoms with Crippen LogP contribution in [0, 0.1) is 20.4 Å². The molecular formula is C12H26NNiOP. The van der Waals surface area contributed by atoms with Gasteiger partial charge in [0.15, 0.2) is 0 Å². The molecule has 0 N–H and O–H groups in total. The molecule has 0 aliphatic rings. The Kier molecular flexibility index (Phi) is 46.6. The number of rotatable bonds is 4. The van der Waals surface area contributed by atoms with Gasteiger partial charge in [0.2, 0.25) is 6.54 Å². The number of nitrogens with zero attached hydrogens (tertiary/aromatic N) is 1. The van der Waals surface area contributed by atoms with Crippen LogP contribution in [0.25, 0.3) is 4.85 Å². The second kappa shape index (κ2) is 29.5. The summed E-state index contributed by atoms with van der Waals surface area (Å²) in [6.07, 6.45) is 2.00. The molecule has 0 aromatic rings. The third-order valence-corrected chi connectivity index (χ3v) is 1.47. The van der Waals surface area contributed by atoms with Gasteiger partial charge in [-0.05, 0) is 5.66 Å². The van der Waals surface area contributed by atoms with E-state index < -0.39 is 0 Å². The Hall–Kier alpha value is 0.374. The summed E-state index contributed by atoms with van der Waals surface area (Å²) in [4.78, 5) is 3.16. The Morgan fingerprint density at radius 1 is 1.25 bits per heavy atom. The SMILES string of the molecule is [C-]#[N+]CCOPC(C)C.[CH2-]CC.[CH2-]CC.[Ni+2]. The zero-order chi connectivity index (χ0) is 12.5. The molecule has 0 spiro atoms. The number of hydrogen-bond donors (Lipinski definition) is 0. The van der Waals surface area contributed by atoms with Crippen LogP contribution in [0.5, 0.6) is 0 Å². The van der Waals surface area contributed by atoms with Crippen LogP contribution >= 0.6 is 8.81 Å². The van der Waals surface area contributed by atoms with E-state index in [9.17, 15) is 0 Å². The van der Waals surface area contributed by atoms with E-state index in [4.69, 9.17) is 11.1 Å². The maximum atomic E-state index is 6.44. The molecule has 0 radical (unpaired) electrons. The van der Waals surface area contributed by atoms with Crippen molar-refractivity contribution in [3.8, 4) is 0 Å². The molecule has 100 valence electrons. The van der Waals surface area contributed by atoms with Crippen LogP contribution in [0.1, 0.15) is 40.5 Å². The van der Waals surface area contributed by atoms with Crippen LogP contribution in [0.15, 0.2) is 0 Å². The third kappa shape index (κ3) is 63.3. The molecule has 0 aliphatic carbocycles. The smallest absolute Gasteiger partial charge is 0.354 e. The zero-order valence-electron chi connectivity index (χ0n) is 11.0. The summed E-state index contributed by atoms with van der Waals surface area (Å²) < 4.78 is 5.15. The molecule has 0 rings (SSSR count). The van der Waals surface area contributed by atoms with Crippen molar-refractivity contribution in [2.24, 2.45) is 0 Å². The first-order chi connectivity index (χ1) is 7.10. The van der Waals surface area contributed by atoms with Crippen molar-refractivity contribution in [3.63, 3.8) is 0 Å². The molecule has 0 bridgehead atoms. The van der Waals surface area contributed by atoms with Gasteiger partial charge in [0, 0.05) is 8.81 Å². The standard InChI is InChI=1S/C6H12NOP.2C3H7.Ni/c1-6(2)9-8-5-4-7-3;2*1-3-2;/h6,9H,4-5H2,1-2H3;2*1,3H2,2H3;/q;2*-1;+2. The van der Waals surface area contributed by atoms with Gasteiger partial charge in [0.25, 0.3) is 0 Å². The third-order valence-electron chi connectivity index (χ3n) is 0.624. The van der Waals surface area contributed by atoms with Crippen molar-refractivity contribution in [1.29, 1.82) is 0 Å². The fourth-order valence-corrected chi connectivity index (χ4v) is 0.859. The molecule has 1 atom stereocenters. The van der Waals surface area contributed by atoms with E-state index in [1.54, 1.807) is 0 Å². The quantitative estimate of drug-likeness (QED) is 0.324. The number of hydrogen-bond acceptors (Lipinski definition) is 1. The molecule has 0 saturated heterocycles. The molecule has 2 nitrogen and oxygen atoms in total. The van der Waals surface area contributed by atoms with Gasteiger partial charge in [-0.2, -0.15) is 12.8 Å². The average Bonchev–Trinajstić information content (AvgIpc) is 2.15. The maximum absolute atomic E-state index is 6.44. The molecule has 1 unspecified atom stereocenters. The van der Waals surface area contributed by atoms with Crippen LogP contribution in [0.2, 0.25) is 0 Å². The second-order valence-corrected chi connectivity index (χ2v) is 4.68. The molecule has 4 heteroatoms. The van der Waals surface area contributed by atoms with E-state index >= 15 is 0 Å². The molecule has 0 saturated carbocycles. The summed E-state index contributed by atoms with van der Waals surface area (Å²) in [6.45, 7) is 22.7. The van der Waals surface area contributed by atoms with Crippen LogP contribution in [0.3, 0.4) is 0 Å². The Bertz CT molecular complexity index is 125. The Morgan fingerprint density at radius 3 is 1.88 bits per heavy atom.